The number of ether oxygens (including phenoxy) is 1. The number of methoxy groups -OCH3 is 1. The zero-order chi connectivity index (χ0) is 21.6. The van der Waals surface area contributed by atoms with Crippen LogP contribution in [0.2, 0.25) is 0 Å². The van der Waals surface area contributed by atoms with Crippen molar-refractivity contribution in [3.05, 3.63) is 90.2 Å². The van der Waals surface area contributed by atoms with Crippen LogP contribution >= 0.6 is 0 Å². The molecule has 1 N–H and O–H groups in total. The molecule has 6 nitrogen and oxygen atoms in total. The minimum atomic E-state index is -4.03. The highest BCUT2D eigenvalue weighted by molar-refractivity contribution is 7.92. The van der Waals surface area contributed by atoms with E-state index in [1.165, 1.54) is 31.4 Å². The van der Waals surface area contributed by atoms with E-state index in [1.54, 1.807) is 30.3 Å². The van der Waals surface area contributed by atoms with Gasteiger partial charge in [0.1, 0.15) is 18.1 Å². The first-order valence-electron chi connectivity index (χ1n) is 9.14. The summed E-state index contributed by atoms with van der Waals surface area (Å²) in [4.78, 5) is 12.6. The van der Waals surface area contributed by atoms with Gasteiger partial charge in [-0.1, -0.05) is 36.4 Å². The number of sulfonamides is 1. The maximum absolute atomic E-state index is 13.4. The molecule has 0 saturated heterocycles. The second-order valence-electron chi connectivity index (χ2n) is 6.39. The van der Waals surface area contributed by atoms with Gasteiger partial charge in [-0.05, 0) is 42.5 Å². The van der Waals surface area contributed by atoms with E-state index >= 15 is 0 Å². The first-order valence-corrected chi connectivity index (χ1v) is 10.6. The van der Waals surface area contributed by atoms with Gasteiger partial charge in [-0.15, -0.1) is 0 Å². The number of halogens is 1. The Morgan fingerprint density at radius 3 is 2.27 bits per heavy atom. The molecule has 0 aliphatic heterocycles. The number of para-hydroxylation sites is 1. The number of rotatable bonds is 8. The van der Waals surface area contributed by atoms with E-state index in [0.29, 0.717) is 5.75 Å². The minimum absolute atomic E-state index is 0.0341. The predicted octanol–water partition coefficient (Wildman–Crippen LogP) is 3.35. The molecule has 0 unspecified atom stereocenters. The van der Waals surface area contributed by atoms with E-state index in [2.05, 4.69) is 5.32 Å². The van der Waals surface area contributed by atoms with Gasteiger partial charge < -0.3 is 10.1 Å². The average molecular weight is 428 g/mol. The van der Waals surface area contributed by atoms with Crippen LogP contribution in [0.3, 0.4) is 0 Å². The number of hydrogen-bond donors (Lipinski definition) is 1. The molecule has 3 aromatic rings. The second kappa shape index (κ2) is 9.41. The third kappa shape index (κ3) is 4.96. The normalized spacial score (nSPS) is 11.0. The highest BCUT2D eigenvalue weighted by atomic mass is 32.2. The van der Waals surface area contributed by atoms with E-state index < -0.39 is 28.3 Å². The molecular weight excluding hydrogens is 407 g/mol. The van der Waals surface area contributed by atoms with Crippen molar-refractivity contribution in [3.8, 4) is 5.75 Å². The van der Waals surface area contributed by atoms with Crippen molar-refractivity contribution >= 4 is 21.6 Å². The predicted molar refractivity (Wildman–Crippen MR) is 112 cm³/mol. The van der Waals surface area contributed by atoms with Gasteiger partial charge in [-0.3, -0.25) is 9.10 Å². The Morgan fingerprint density at radius 2 is 1.60 bits per heavy atom. The van der Waals surface area contributed by atoms with Crippen molar-refractivity contribution in [2.24, 2.45) is 0 Å². The Kier molecular flexibility index (Phi) is 6.68. The minimum Gasteiger partial charge on any atom is -0.496 e. The summed E-state index contributed by atoms with van der Waals surface area (Å²) in [6.45, 7) is -0.288. The lowest BCUT2D eigenvalue weighted by atomic mass is 10.2. The topological polar surface area (TPSA) is 75.7 Å². The quantitative estimate of drug-likeness (QED) is 0.597. The molecule has 0 saturated carbocycles. The third-order valence-electron chi connectivity index (χ3n) is 4.40. The van der Waals surface area contributed by atoms with Crippen LogP contribution in [0.4, 0.5) is 10.1 Å². The molecule has 0 fully saturated rings. The van der Waals surface area contributed by atoms with Crippen LogP contribution in [0.25, 0.3) is 0 Å². The van der Waals surface area contributed by atoms with Gasteiger partial charge in [-0.2, -0.15) is 0 Å². The van der Waals surface area contributed by atoms with Crippen LogP contribution in [0.1, 0.15) is 5.56 Å². The molecule has 0 aliphatic carbocycles. The number of nitrogens with zero attached hydrogens (tertiary/aromatic N) is 1. The number of anilines is 1. The summed E-state index contributed by atoms with van der Waals surface area (Å²) >= 11 is 0. The Bertz CT molecular complexity index is 1100. The van der Waals surface area contributed by atoms with E-state index in [-0.39, 0.29) is 17.1 Å². The summed E-state index contributed by atoms with van der Waals surface area (Å²) in [7, 11) is -2.50. The summed E-state index contributed by atoms with van der Waals surface area (Å²) in [5.74, 6) is -0.397. The Morgan fingerprint density at radius 1 is 0.967 bits per heavy atom. The Balaban J connectivity index is 1.84. The SMILES string of the molecule is COc1ccccc1CNC(=O)CN(c1ccc(F)cc1)S(=O)(=O)c1ccccc1. The molecule has 0 heterocycles. The lowest BCUT2D eigenvalue weighted by Crippen LogP contribution is -2.40. The van der Waals surface area contributed by atoms with Crippen molar-refractivity contribution in [2.75, 3.05) is 18.0 Å². The van der Waals surface area contributed by atoms with Gasteiger partial charge in [0, 0.05) is 12.1 Å². The van der Waals surface area contributed by atoms with Crippen LogP contribution < -0.4 is 14.4 Å². The maximum Gasteiger partial charge on any atom is 0.264 e. The van der Waals surface area contributed by atoms with Crippen molar-refractivity contribution in [2.45, 2.75) is 11.4 Å². The number of amides is 1. The van der Waals surface area contributed by atoms with E-state index in [4.69, 9.17) is 4.74 Å². The van der Waals surface area contributed by atoms with Gasteiger partial charge in [0.2, 0.25) is 5.91 Å². The van der Waals surface area contributed by atoms with Crippen molar-refractivity contribution in [1.29, 1.82) is 0 Å². The van der Waals surface area contributed by atoms with Crippen molar-refractivity contribution in [1.82, 2.24) is 5.32 Å². The molecule has 1 amide bonds. The summed E-state index contributed by atoms with van der Waals surface area (Å²) in [5, 5.41) is 2.71. The number of carbonyl (C=O) groups excluding carboxylic acids is 1. The molecule has 0 atom stereocenters. The van der Waals surface area contributed by atoms with E-state index in [1.807, 2.05) is 12.1 Å². The second-order valence-corrected chi connectivity index (χ2v) is 8.25. The Labute approximate surface area is 175 Å². The zero-order valence-corrected chi connectivity index (χ0v) is 17.1. The molecular formula is C22H21FN2O4S. The molecule has 30 heavy (non-hydrogen) atoms. The van der Waals surface area contributed by atoms with Crippen LogP contribution in [-0.2, 0) is 21.4 Å². The van der Waals surface area contributed by atoms with Crippen molar-refractivity contribution in [3.63, 3.8) is 0 Å². The average Bonchev–Trinajstić information content (AvgIpc) is 2.77. The molecule has 0 radical (unpaired) electrons. The number of carbonyl (C=O) groups is 1. The third-order valence-corrected chi connectivity index (χ3v) is 6.19. The lowest BCUT2D eigenvalue weighted by Gasteiger charge is -2.24. The number of hydrogen-bond acceptors (Lipinski definition) is 4. The summed E-state index contributed by atoms with van der Waals surface area (Å²) in [6, 6.07) is 19.9. The molecule has 8 heteroatoms. The van der Waals surface area contributed by atoms with Gasteiger partial charge in [-0.25, -0.2) is 12.8 Å². The monoisotopic (exact) mass is 428 g/mol. The fourth-order valence-corrected chi connectivity index (χ4v) is 4.31. The molecule has 0 bridgehead atoms. The zero-order valence-electron chi connectivity index (χ0n) is 16.3. The Hall–Kier alpha value is -3.39. The molecule has 0 aliphatic rings. The molecule has 0 spiro atoms. The van der Waals surface area contributed by atoms with Gasteiger partial charge in [0.25, 0.3) is 10.0 Å². The van der Waals surface area contributed by atoms with Gasteiger partial charge >= 0.3 is 0 Å². The highest BCUT2D eigenvalue weighted by Crippen LogP contribution is 2.24. The molecule has 0 aromatic heterocycles. The number of benzene rings is 3. The summed E-state index contributed by atoms with van der Waals surface area (Å²) in [6.07, 6.45) is 0. The lowest BCUT2D eigenvalue weighted by molar-refractivity contribution is -0.119. The van der Waals surface area contributed by atoms with Crippen LogP contribution in [0.15, 0.2) is 83.8 Å². The van der Waals surface area contributed by atoms with Gasteiger partial charge in [0.05, 0.1) is 17.7 Å². The first-order chi connectivity index (χ1) is 14.4. The van der Waals surface area contributed by atoms with E-state index in [9.17, 15) is 17.6 Å². The molecule has 3 rings (SSSR count). The van der Waals surface area contributed by atoms with E-state index in [0.717, 1.165) is 22.0 Å². The molecule has 156 valence electrons. The largest absolute Gasteiger partial charge is 0.496 e. The first kappa shape index (κ1) is 21.3. The van der Waals surface area contributed by atoms with Gasteiger partial charge in [0.15, 0.2) is 0 Å². The smallest absolute Gasteiger partial charge is 0.264 e. The highest BCUT2D eigenvalue weighted by Gasteiger charge is 2.27. The summed E-state index contributed by atoms with van der Waals surface area (Å²) < 4.78 is 45.9. The fraction of sp³-hybridized carbons (Fsp3) is 0.136. The summed E-state index contributed by atoms with van der Waals surface area (Å²) in [5.41, 5.74) is 0.945. The van der Waals surface area contributed by atoms with Crippen LogP contribution in [0, 0.1) is 5.82 Å². The fourth-order valence-electron chi connectivity index (χ4n) is 2.87. The molecule has 3 aromatic carbocycles. The van der Waals surface area contributed by atoms with Crippen molar-refractivity contribution < 1.29 is 22.3 Å². The van der Waals surface area contributed by atoms with Crippen LogP contribution in [0.5, 0.6) is 5.75 Å². The van der Waals surface area contributed by atoms with Crippen LogP contribution in [-0.4, -0.2) is 28.0 Å². The standard InChI is InChI=1S/C22H21FN2O4S/c1-29-21-10-6-5-7-17(21)15-24-22(26)16-25(19-13-11-18(23)12-14-19)30(27,28)20-8-3-2-4-9-20/h2-14H,15-16H2,1H3,(H,24,26). The maximum atomic E-state index is 13.4. The number of nitrogens with one attached hydrogen (secondary N) is 1.